The van der Waals surface area contributed by atoms with Gasteiger partial charge in [-0.15, -0.1) is 0 Å². The van der Waals surface area contributed by atoms with Gasteiger partial charge in [0.25, 0.3) is 10.0 Å². The summed E-state index contributed by atoms with van der Waals surface area (Å²) in [6, 6.07) is -0.231. The molecule has 8 heteroatoms. The van der Waals surface area contributed by atoms with Gasteiger partial charge < -0.3 is 4.74 Å². The average molecular weight is 313 g/mol. The van der Waals surface area contributed by atoms with Crippen LogP contribution in [0, 0.1) is 6.92 Å². The van der Waals surface area contributed by atoms with Crippen LogP contribution in [0.1, 0.15) is 19.5 Å². The Morgan fingerprint density at radius 2 is 2.17 bits per heavy atom. The van der Waals surface area contributed by atoms with E-state index in [9.17, 15) is 8.42 Å². The van der Waals surface area contributed by atoms with Crippen molar-refractivity contribution in [3.8, 4) is 0 Å². The minimum absolute atomic E-state index is 0.206. The van der Waals surface area contributed by atoms with E-state index in [1.165, 1.54) is 4.31 Å². The molecule has 1 rings (SSSR count). The van der Waals surface area contributed by atoms with Crippen LogP contribution in [0.25, 0.3) is 0 Å². The number of rotatable bonds is 6. The molecule has 1 unspecified atom stereocenters. The number of sulfonamides is 1. The van der Waals surface area contributed by atoms with E-state index in [1.54, 1.807) is 21.0 Å². The van der Waals surface area contributed by atoms with Crippen LogP contribution in [-0.4, -0.2) is 44.0 Å². The molecule has 0 radical (unpaired) electrons. The highest BCUT2D eigenvalue weighted by atomic mass is 35.5. The Morgan fingerprint density at radius 3 is 2.56 bits per heavy atom. The van der Waals surface area contributed by atoms with Crippen molar-refractivity contribution in [3.63, 3.8) is 0 Å². The van der Waals surface area contributed by atoms with Crippen molar-refractivity contribution in [2.75, 3.05) is 20.3 Å². The van der Waals surface area contributed by atoms with E-state index >= 15 is 0 Å². The summed E-state index contributed by atoms with van der Waals surface area (Å²) in [6.07, 6.45) is 0. The average Bonchev–Trinajstić information content (AvgIpc) is 2.59. The van der Waals surface area contributed by atoms with Gasteiger partial charge in [-0.2, -0.15) is 4.31 Å². The molecule has 0 aliphatic rings. The summed E-state index contributed by atoms with van der Waals surface area (Å²) in [5.74, 6) is 0. The maximum absolute atomic E-state index is 12.5. The van der Waals surface area contributed by atoms with Gasteiger partial charge in [0.05, 0.1) is 12.3 Å². The number of halogens is 1. The molecule has 0 saturated carbocycles. The van der Waals surface area contributed by atoms with E-state index < -0.39 is 10.0 Å². The molecule has 1 heterocycles. The first-order chi connectivity index (χ1) is 8.34. The number of aromatic nitrogens is 1. The molecule has 104 valence electrons. The van der Waals surface area contributed by atoms with Gasteiger partial charge in [0.15, 0.2) is 8.68 Å². The van der Waals surface area contributed by atoms with Crippen LogP contribution in [0.2, 0.25) is 4.47 Å². The van der Waals surface area contributed by atoms with Gasteiger partial charge >= 0.3 is 0 Å². The smallest absolute Gasteiger partial charge is 0.254 e. The Morgan fingerprint density at radius 1 is 1.56 bits per heavy atom. The number of thiazole rings is 1. The lowest BCUT2D eigenvalue weighted by Gasteiger charge is -2.26. The fourth-order valence-corrected chi connectivity index (χ4v) is 5.22. The molecule has 0 saturated heterocycles. The molecule has 5 nitrogen and oxygen atoms in total. The Kier molecular flexibility index (Phi) is 5.54. The first-order valence-corrected chi connectivity index (χ1v) is 8.11. The Balaban J connectivity index is 3.15. The van der Waals surface area contributed by atoms with Crippen molar-refractivity contribution < 1.29 is 13.2 Å². The predicted octanol–water partition coefficient (Wildman–Crippen LogP) is 2.15. The number of aryl methyl sites for hydroxylation is 1. The molecule has 1 aromatic heterocycles. The lowest BCUT2D eigenvalue weighted by molar-refractivity contribution is 0.143. The minimum Gasteiger partial charge on any atom is -0.383 e. The molecule has 0 aromatic carbocycles. The molecule has 0 bridgehead atoms. The third-order valence-corrected chi connectivity index (χ3v) is 6.42. The molecule has 0 fully saturated rings. The number of ether oxygens (including phenoxy) is 1. The van der Waals surface area contributed by atoms with Gasteiger partial charge in [-0.1, -0.05) is 29.9 Å². The van der Waals surface area contributed by atoms with Gasteiger partial charge in [0, 0.05) is 19.7 Å². The Labute approximate surface area is 117 Å². The largest absolute Gasteiger partial charge is 0.383 e. The van der Waals surface area contributed by atoms with Crippen LogP contribution in [-0.2, 0) is 14.8 Å². The van der Waals surface area contributed by atoms with Gasteiger partial charge in [-0.3, -0.25) is 0 Å². The summed E-state index contributed by atoms with van der Waals surface area (Å²) in [6.45, 7) is 5.97. The second kappa shape index (κ2) is 6.29. The van der Waals surface area contributed by atoms with Crippen molar-refractivity contribution in [2.45, 2.75) is 31.0 Å². The van der Waals surface area contributed by atoms with Crippen LogP contribution in [0.4, 0.5) is 0 Å². The third-order valence-electron chi connectivity index (χ3n) is 2.48. The second-order valence-electron chi connectivity index (χ2n) is 3.85. The number of hydrogen-bond donors (Lipinski definition) is 0. The Bertz CT molecular complexity index is 501. The SMILES string of the molecule is CCN(C(C)COC)S(=O)(=O)c1sc(Cl)nc1C. The van der Waals surface area contributed by atoms with Crippen molar-refractivity contribution in [3.05, 3.63) is 10.2 Å². The number of hydrogen-bond acceptors (Lipinski definition) is 5. The standard InChI is InChI=1S/C10H17ClN2O3S2/c1-5-13(7(2)6-16-4)18(14,15)9-8(3)12-10(11)17-9/h7H,5-6H2,1-4H3. The first-order valence-electron chi connectivity index (χ1n) is 5.48. The van der Waals surface area contributed by atoms with Crippen LogP contribution in [0.3, 0.4) is 0 Å². The number of nitrogens with zero attached hydrogens (tertiary/aromatic N) is 2. The molecule has 0 aliphatic carbocycles. The summed E-state index contributed by atoms with van der Waals surface area (Å²) in [7, 11) is -2.01. The molecule has 18 heavy (non-hydrogen) atoms. The minimum atomic E-state index is -3.56. The fraction of sp³-hybridized carbons (Fsp3) is 0.700. The van der Waals surface area contributed by atoms with Gasteiger partial charge in [-0.05, 0) is 13.8 Å². The van der Waals surface area contributed by atoms with E-state index in [4.69, 9.17) is 16.3 Å². The van der Waals surface area contributed by atoms with Crippen molar-refractivity contribution in [1.82, 2.24) is 9.29 Å². The second-order valence-corrected chi connectivity index (χ2v) is 7.52. The molecule has 0 N–H and O–H groups in total. The molecule has 0 amide bonds. The lowest BCUT2D eigenvalue weighted by Crippen LogP contribution is -2.40. The van der Waals surface area contributed by atoms with E-state index in [0.29, 0.717) is 18.8 Å². The highest BCUT2D eigenvalue weighted by Crippen LogP contribution is 2.30. The first kappa shape index (κ1) is 15.8. The molecule has 0 aliphatic heterocycles. The number of methoxy groups -OCH3 is 1. The summed E-state index contributed by atoms with van der Waals surface area (Å²) in [5, 5.41) is 0. The van der Waals surface area contributed by atoms with Crippen LogP contribution in [0.15, 0.2) is 4.21 Å². The zero-order chi connectivity index (χ0) is 13.9. The highest BCUT2D eigenvalue weighted by molar-refractivity contribution is 7.91. The summed E-state index contributed by atoms with van der Waals surface area (Å²) in [5.41, 5.74) is 0.438. The predicted molar refractivity (Wildman–Crippen MR) is 72.8 cm³/mol. The number of likely N-dealkylation sites (N-methyl/N-ethyl adjacent to an activating group) is 1. The molecule has 1 atom stereocenters. The van der Waals surface area contributed by atoms with E-state index in [1.807, 2.05) is 6.92 Å². The molecular weight excluding hydrogens is 296 g/mol. The van der Waals surface area contributed by atoms with Crippen molar-refractivity contribution in [2.24, 2.45) is 0 Å². The lowest BCUT2D eigenvalue weighted by atomic mass is 10.4. The maximum Gasteiger partial charge on any atom is 0.254 e. The maximum atomic E-state index is 12.5. The zero-order valence-corrected chi connectivity index (χ0v) is 13.2. The highest BCUT2D eigenvalue weighted by Gasteiger charge is 2.31. The quantitative estimate of drug-likeness (QED) is 0.807. The summed E-state index contributed by atoms with van der Waals surface area (Å²) < 4.78 is 31.8. The molecular formula is C10H17ClN2O3S2. The zero-order valence-electron chi connectivity index (χ0n) is 10.8. The van der Waals surface area contributed by atoms with Gasteiger partial charge in [0.1, 0.15) is 0 Å². The molecule has 0 spiro atoms. The van der Waals surface area contributed by atoms with E-state index in [2.05, 4.69) is 4.98 Å². The topological polar surface area (TPSA) is 59.5 Å². The monoisotopic (exact) mass is 312 g/mol. The van der Waals surface area contributed by atoms with E-state index in [0.717, 1.165) is 11.3 Å². The van der Waals surface area contributed by atoms with Gasteiger partial charge in [0.2, 0.25) is 0 Å². The summed E-state index contributed by atoms with van der Waals surface area (Å²) in [4.78, 5) is 3.95. The Hall–Kier alpha value is -0.210. The van der Waals surface area contributed by atoms with Crippen LogP contribution >= 0.6 is 22.9 Å². The summed E-state index contributed by atoms with van der Waals surface area (Å²) >= 11 is 6.74. The normalized spacial score (nSPS) is 14.1. The van der Waals surface area contributed by atoms with E-state index in [-0.39, 0.29) is 14.7 Å². The molecule has 1 aromatic rings. The third kappa shape index (κ3) is 3.21. The van der Waals surface area contributed by atoms with Gasteiger partial charge in [-0.25, -0.2) is 13.4 Å². The van der Waals surface area contributed by atoms with Crippen LogP contribution in [0.5, 0.6) is 0 Å². The van der Waals surface area contributed by atoms with Crippen LogP contribution < -0.4 is 0 Å². The van der Waals surface area contributed by atoms with Crippen molar-refractivity contribution in [1.29, 1.82) is 0 Å². The fourth-order valence-electron chi connectivity index (χ4n) is 1.74. The van der Waals surface area contributed by atoms with Crippen molar-refractivity contribution >= 4 is 33.0 Å².